The summed E-state index contributed by atoms with van der Waals surface area (Å²) in [4.78, 5) is 30.2. The molecule has 0 spiro atoms. The SMILES string of the molecule is CCc1ccc(NC(=O)[C@H](C)Sc2nc3cc4ccccc4cc3c(=O)n2C)cc1. The molecule has 4 aromatic rings. The number of anilines is 1. The molecule has 30 heavy (non-hydrogen) atoms. The minimum Gasteiger partial charge on any atom is -0.325 e. The highest BCUT2D eigenvalue weighted by atomic mass is 32.2. The van der Waals surface area contributed by atoms with E-state index in [4.69, 9.17) is 0 Å². The van der Waals surface area contributed by atoms with Crippen molar-refractivity contribution >= 4 is 45.0 Å². The van der Waals surface area contributed by atoms with Gasteiger partial charge in [-0.15, -0.1) is 0 Å². The summed E-state index contributed by atoms with van der Waals surface area (Å²) in [6.07, 6.45) is 0.956. The highest BCUT2D eigenvalue weighted by Gasteiger charge is 2.18. The van der Waals surface area contributed by atoms with Crippen LogP contribution < -0.4 is 10.9 Å². The van der Waals surface area contributed by atoms with E-state index in [2.05, 4.69) is 17.2 Å². The largest absolute Gasteiger partial charge is 0.325 e. The van der Waals surface area contributed by atoms with E-state index in [-0.39, 0.29) is 11.5 Å². The first-order valence-corrected chi connectivity index (χ1v) is 10.8. The quantitative estimate of drug-likeness (QED) is 0.289. The molecular formula is C24H23N3O2S. The summed E-state index contributed by atoms with van der Waals surface area (Å²) < 4.78 is 1.52. The van der Waals surface area contributed by atoms with E-state index >= 15 is 0 Å². The van der Waals surface area contributed by atoms with E-state index < -0.39 is 5.25 Å². The van der Waals surface area contributed by atoms with Gasteiger partial charge >= 0.3 is 0 Å². The fourth-order valence-electron chi connectivity index (χ4n) is 3.32. The Balaban J connectivity index is 1.60. The number of nitrogens with zero attached hydrogens (tertiary/aromatic N) is 2. The summed E-state index contributed by atoms with van der Waals surface area (Å²) in [5.74, 6) is -0.128. The van der Waals surface area contributed by atoms with E-state index in [0.717, 1.165) is 22.9 Å². The Bertz CT molecular complexity index is 1300. The number of carbonyl (C=O) groups is 1. The second-order valence-electron chi connectivity index (χ2n) is 7.27. The molecule has 0 unspecified atom stereocenters. The van der Waals surface area contributed by atoms with Gasteiger partial charge in [0.05, 0.1) is 16.2 Å². The van der Waals surface area contributed by atoms with Crippen LogP contribution in [0.1, 0.15) is 19.4 Å². The van der Waals surface area contributed by atoms with Crippen molar-refractivity contribution in [2.75, 3.05) is 5.32 Å². The summed E-state index contributed by atoms with van der Waals surface area (Å²) >= 11 is 1.28. The van der Waals surface area contributed by atoms with Gasteiger partial charge in [-0.1, -0.05) is 55.1 Å². The smallest absolute Gasteiger partial charge is 0.261 e. The Hall–Kier alpha value is -3.12. The molecule has 152 valence electrons. The van der Waals surface area contributed by atoms with Gasteiger partial charge in [-0.3, -0.25) is 14.2 Å². The lowest BCUT2D eigenvalue weighted by Crippen LogP contribution is -2.25. The van der Waals surface area contributed by atoms with Crippen LogP contribution in [0.5, 0.6) is 0 Å². The lowest BCUT2D eigenvalue weighted by molar-refractivity contribution is -0.115. The van der Waals surface area contributed by atoms with Crippen LogP contribution in [0.2, 0.25) is 0 Å². The fraction of sp³-hybridized carbons (Fsp3) is 0.208. The zero-order chi connectivity index (χ0) is 21.3. The van der Waals surface area contributed by atoms with Crippen LogP contribution in [0.25, 0.3) is 21.7 Å². The van der Waals surface area contributed by atoms with Gasteiger partial charge in [-0.2, -0.15) is 0 Å². The molecule has 1 heterocycles. The van der Waals surface area contributed by atoms with Crippen molar-refractivity contribution in [2.45, 2.75) is 30.7 Å². The van der Waals surface area contributed by atoms with Gasteiger partial charge in [-0.05, 0) is 53.9 Å². The molecule has 0 aliphatic rings. The number of carbonyl (C=O) groups excluding carboxylic acids is 1. The van der Waals surface area contributed by atoms with E-state index in [1.54, 1.807) is 7.05 Å². The summed E-state index contributed by atoms with van der Waals surface area (Å²) in [5.41, 5.74) is 2.51. The number of aromatic nitrogens is 2. The van der Waals surface area contributed by atoms with E-state index in [9.17, 15) is 9.59 Å². The lowest BCUT2D eigenvalue weighted by Gasteiger charge is -2.14. The zero-order valence-corrected chi connectivity index (χ0v) is 18.0. The summed E-state index contributed by atoms with van der Waals surface area (Å²) in [5, 5.41) is 5.66. The first-order chi connectivity index (χ1) is 14.5. The number of benzene rings is 3. The molecule has 0 saturated carbocycles. The van der Waals surface area contributed by atoms with Gasteiger partial charge in [0.25, 0.3) is 5.56 Å². The van der Waals surface area contributed by atoms with Crippen molar-refractivity contribution in [3.63, 3.8) is 0 Å². The highest BCUT2D eigenvalue weighted by Crippen LogP contribution is 2.25. The maximum Gasteiger partial charge on any atom is 0.261 e. The second kappa shape index (κ2) is 8.32. The molecule has 0 fully saturated rings. The molecule has 1 N–H and O–H groups in total. The Morgan fingerprint density at radius 1 is 1.10 bits per heavy atom. The third-order valence-electron chi connectivity index (χ3n) is 5.18. The topological polar surface area (TPSA) is 64.0 Å². The average Bonchev–Trinajstić information content (AvgIpc) is 2.76. The number of thioether (sulfide) groups is 1. The van der Waals surface area contributed by atoms with Crippen LogP contribution in [0, 0.1) is 0 Å². The van der Waals surface area contributed by atoms with Gasteiger partial charge < -0.3 is 5.32 Å². The normalized spacial score (nSPS) is 12.2. The first kappa shape index (κ1) is 20.2. The molecule has 0 aliphatic carbocycles. The predicted molar refractivity (Wildman–Crippen MR) is 124 cm³/mol. The summed E-state index contributed by atoms with van der Waals surface area (Å²) in [7, 11) is 1.69. The molecule has 0 saturated heterocycles. The summed E-state index contributed by atoms with van der Waals surface area (Å²) in [6, 6.07) is 19.5. The fourth-order valence-corrected chi connectivity index (χ4v) is 4.20. The third-order valence-corrected chi connectivity index (χ3v) is 6.33. The number of hydrogen-bond donors (Lipinski definition) is 1. The minimum absolute atomic E-state index is 0.115. The van der Waals surface area contributed by atoms with Crippen LogP contribution in [0.3, 0.4) is 0 Å². The van der Waals surface area contributed by atoms with Crippen molar-refractivity contribution < 1.29 is 4.79 Å². The van der Waals surface area contributed by atoms with Gasteiger partial charge in [-0.25, -0.2) is 4.98 Å². The molecule has 6 heteroatoms. The molecule has 0 aliphatic heterocycles. The highest BCUT2D eigenvalue weighted by molar-refractivity contribution is 8.00. The van der Waals surface area contributed by atoms with E-state index in [1.165, 1.54) is 21.9 Å². The van der Waals surface area contributed by atoms with Crippen molar-refractivity contribution in [2.24, 2.45) is 7.05 Å². The zero-order valence-electron chi connectivity index (χ0n) is 17.2. The molecule has 0 bridgehead atoms. The van der Waals surface area contributed by atoms with Crippen LogP contribution in [-0.2, 0) is 18.3 Å². The molecule has 5 nitrogen and oxygen atoms in total. The predicted octanol–water partition coefficient (Wildman–Crippen LogP) is 4.77. The van der Waals surface area contributed by atoms with Crippen LogP contribution >= 0.6 is 11.8 Å². The van der Waals surface area contributed by atoms with Crippen LogP contribution in [0.4, 0.5) is 5.69 Å². The minimum atomic E-state index is -0.410. The number of amides is 1. The number of hydrogen-bond acceptors (Lipinski definition) is 4. The molecule has 1 amide bonds. The van der Waals surface area contributed by atoms with Crippen LogP contribution in [-0.4, -0.2) is 20.7 Å². The maximum atomic E-state index is 12.9. The Kier molecular flexibility index (Phi) is 5.59. The third kappa shape index (κ3) is 3.96. The Morgan fingerprint density at radius 2 is 1.77 bits per heavy atom. The average molecular weight is 418 g/mol. The number of rotatable bonds is 5. The second-order valence-corrected chi connectivity index (χ2v) is 8.58. The number of nitrogens with one attached hydrogen (secondary N) is 1. The van der Waals surface area contributed by atoms with Crippen molar-refractivity contribution in [3.05, 3.63) is 76.6 Å². The van der Waals surface area contributed by atoms with Crippen molar-refractivity contribution in [3.8, 4) is 0 Å². The van der Waals surface area contributed by atoms with Gasteiger partial charge in [0.15, 0.2) is 5.16 Å². The maximum absolute atomic E-state index is 12.9. The van der Waals surface area contributed by atoms with Crippen molar-refractivity contribution in [1.29, 1.82) is 0 Å². The Morgan fingerprint density at radius 3 is 2.43 bits per heavy atom. The Labute approximate surface area is 179 Å². The molecule has 4 rings (SSSR count). The molecule has 0 radical (unpaired) electrons. The van der Waals surface area contributed by atoms with Gasteiger partial charge in [0.1, 0.15) is 0 Å². The molecule has 1 atom stereocenters. The van der Waals surface area contributed by atoms with Gasteiger partial charge in [0.2, 0.25) is 5.91 Å². The number of fused-ring (bicyclic) bond motifs is 2. The lowest BCUT2D eigenvalue weighted by atomic mass is 10.1. The number of aryl methyl sites for hydroxylation is 1. The van der Waals surface area contributed by atoms with Crippen molar-refractivity contribution in [1.82, 2.24) is 9.55 Å². The molecular weight excluding hydrogens is 394 g/mol. The van der Waals surface area contributed by atoms with Crippen LogP contribution in [0.15, 0.2) is 70.6 Å². The van der Waals surface area contributed by atoms with E-state index in [1.807, 2.05) is 67.6 Å². The van der Waals surface area contributed by atoms with E-state index in [0.29, 0.717) is 16.1 Å². The first-order valence-electron chi connectivity index (χ1n) is 9.92. The monoisotopic (exact) mass is 417 g/mol. The molecule has 3 aromatic carbocycles. The molecule has 1 aromatic heterocycles. The summed E-state index contributed by atoms with van der Waals surface area (Å²) in [6.45, 7) is 3.91. The van der Waals surface area contributed by atoms with Gasteiger partial charge in [0, 0.05) is 12.7 Å². The standard InChI is InChI=1S/C24H23N3O2S/c1-4-16-9-11-19(12-10-16)25-22(28)15(2)30-24-26-21-14-18-8-6-5-7-17(18)13-20(21)23(29)27(24)3/h5-15H,4H2,1-3H3,(H,25,28)/t15-/m0/s1.